The molecule has 24 heavy (non-hydrogen) atoms. The highest BCUT2D eigenvalue weighted by atomic mass is 32.2. The molecule has 3 nitrogen and oxygen atoms in total. The average Bonchev–Trinajstić information content (AvgIpc) is 2.53. The summed E-state index contributed by atoms with van der Waals surface area (Å²) < 4.78 is 11.4. The fourth-order valence-electron chi connectivity index (χ4n) is 2.75. The van der Waals surface area contributed by atoms with E-state index in [1.807, 2.05) is 36.4 Å². The summed E-state index contributed by atoms with van der Waals surface area (Å²) in [5.41, 5.74) is 3.28. The molecule has 4 heteroatoms. The summed E-state index contributed by atoms with van der Waals surface area (Å²) in [5.74, 6) is 0.308. The normalized spacial score (nSPS) is 13.5. The Bertz CT molecular complexity index is 723. The first-order valence-electron chi connectivity index (χ1n) is 8.15. The quantitative estimate of drug-likeness (QED) is 0.867. The van der Waals surface area contributed by atoms with Crippen LogP contribution < -0.4 is 5.32 Å². The maximum atomic E-state index is 12.5. The van der Waals surface area contributed by atoms with Gasteiger partial charge in [-0.25, -0.2) is 0 Å². The van der Waals surface area contributed by atoms with Gasteiger partial charge in [0.05, 0.1) is 12.5 Å². The Kier molecular flexibility index (Phi) is 6.32. The van der Waals surface area contributed by atoms with Crippen molar-refractivity contribution < 1.29 is 9.00 Å². The van der Waals surface area contributed by atoms with Crippen molar-refractivity contribution in [2.45, 2.75) is 38.1 Å². The van der Waals surface area contributed by atoms with Gasteiger partial charge in [0, 0.05) is 22.0 Å². The Morgan fingerprint density at radius 1 is 1.08 bits per heavy atom. The topological polar surface area (TPSA) is 46.2 Å². The minimum Gasteiger partial charge on any atom is -0.349 e. The van der Waals surface area contributed by atoms with Gasteiger partial charge in [0.1, 0.15) is 0 Å². The van der Waals surface area contributed by atoms with E-state index in [2.05, 4.69) is 38.2 Å². The van der Waals surface area contributed by atoms with E-state index in [1.54, 1.807) is 6.26 Å². The van der Waals surface area contributed by atoms with Crippen molar-refractivity contribution in [2.75, 3.05) is 6.26 Å². The molecule has 1 N–H and O–H groups in total. The van der Waals surface area contributed by atoms with Crippen molar-refractivity contribution in [3.8, 4) is 0 Å². The Morgan fingerprint density at radius 3 is 2.25 bits per heavy atom. The van der Waals surface area contributed by atoms with E-state index < -0.39 is 10.8 Å². The number of nitrogens with one attached hydrogen (secondary N) is 1. The zero-order chi connectivity index (χ0) is 17.7. The molecule has 2 atom stereocenters. The third-order valence-corrected chi connectivity index (χ3v) is 5.06. The summed E-state index contributed by atoms with van der Waals surface area (Å²) >= 11 is 0. The Balaban J connectivity index is 2.08. The molecular formula is C20H25NO2S. The van der Waals surface area contributed by atoms with Gasteiger partial charge in [-0.15, -0.1) is 0 Å². The SMILES string of the molecule is Cc1ccccc1C(NC(=O)Cc1ccc(S(C)=O)cc1)C(C)C. The molecule has 2 aromatic carbocycles. The number of benzene rings is 2. The number of rotatable bonds is 6. The molecule has 128 valence electrons. The zero-order valence-electron chi connectivity index (χ0n) is 14.7. The molecule has 0 saturated carbocycles. The maximum absolute atomic E-state index is 12.5. The van der Waals surface area contributed by atoms with E-state index in [0.717, 1.165) is 16.0 Å². The first-order valence-corrected chi connectivity index (χ1v) is 9.71. The van der Waals surface area contributed by atoms with Crippen molar-refractivity contribution in [2.24, 2.45) is 5.92 Å². The minimum atomic E-state index is -0.993. The molecule has 0 aliphatic carbocycles. The number of amides is 1. The van der Waals surface area contributed by atoms with Crippen molar-refractivity contribution in [3.63, 3.8) is 0 Å². The van der Waals surface area contributed by atoms with Crippen LogP contribution in [0.1, 0.15) is 36.6 Å². The van der Waals surface area contributed by atoms with Crippen LogP contribution in [0.2, 0.25) is 0 Å². The molecule has 1 amide bonds. The molecule has 2 aromatic rings. The van der Waals surface area contributed by atoms with Gasteiger partial charge < -0.3 is 5.32 Å². The molecule has 0 aliphatic heterocycles. The first-order chi connectivity index (χ1) is 11.4. The van der Waals surface area contributed by atoms with Gasteiger partial charge in [0.25, 0.3) is 0 Å². The number of aryl methyl sites for hydroxylation is 1. The lowest BCUT2D eigenvalue weighted by molar-refractivity contribution is -0.121. The van der Waals surface area contributed by atoms with Crippen LogP contribution in [0.4, 0.5) is 0 Å². The van der Waals surface area contributed by atoms with Crippen LogP contribution in [0.3, 0.4) is 0 Å². The minimum absolute atomic E-state index is 0.00104. The second-order valence-corrected chi connectivity index (χ2v) is 7.80. The summed E-state index contributed by atoms with van der Waals surface area (Å²) in [6.45, 7) is 6.30. The van der Waals surface area contributed by atoms with Gasteiger partial charge in [-0.2, -0.15) is 0 Å². The molecule has 0 fully saturated rings. The summed E-state index contributed by atoms with van der Waals surface area (Å²) in [4.78, 5) is 13.2. The largest absolute Gasteiger partial charge is 0.349 e. The number of carbonyl (C=O) groups excluding carboxylic acids is 1. The molecule has 0 saturated heterocycles. The predicted molar refractivity (Wildman–Crippen MR) is 99.4 cm³/mol. The van der Waals surface area contributed by atoms with Gasteiger partial charge in [-0.05, 0) is 41.7 Å². The zero-order valence-corrected chi connectivity index (χ0v) is 15.5. The standard InChI is InChI=1S/C20H25NO2S/c1-14(2)20(18-8-6-5-7-15(18)3)21-19(22)13-16-9-11-17(12-10-16)24(4)23/h5-12,14,20H,13H2,1-4H3,(H,21,22). The fraction of sp³-hybridized carbons (Fsp3) is 0.350. The summed E-state index contributed by atoms with van der Waals surface area (Å²) in [5, 5.41) is 3.16. The van der Waals surface area contributed by atoms with E-state index in [9.17, 15) is 9.00 Å². The number of hydrogen-bond donors (Lipinski definition) is 1. The van der Waals surface area contributed by atoms with Gasteiger partial charge in [0.2, 0.25) is 5.91 Å². The maximum Gasteiger partial charge on any atom is 0.224 e. The summed E-state index contributed by atoms with van der Waals surface area (Å²) in [6, 6.07) is 15.5. The molecule has 0 radical (unpaired) electrons. The van der Waals surface area contributed by atoms with Crippen LogP contribution in [-0.4, -0.2) is 16.4 Å². The highest BCUT2D eigenvalue weighted by molar-refractivity contribution is 7.84. The molecular weight excluding hydrogens is 318 g/mol. The van der Waals surface area contributed by atoms with Gasteiger partial charge >= 0.3 is 0 Å². The van der Waals surface area contributed by atoms with E-state index in [4.69, 9.17) is 0 Å². The Hall–Kier alpha value is -1.94. The molecule has 0 aromatic heterocycles. The predicted octanol–water partition coefficient (Wildman–Crippen LogP) is 3.79. The molecule has 0 bridgehead atoms. The van der Waals surface area contributed by atoms with Crippen LogP contribution >= 0.6 is 0 Å². The fourth-order valence-corrected chi connectivity index (χ4v) is 3.27. The van der Waals surface area contributed by atoms with Crippen molar-refractivity contribution >= 4 is 16.7 Å². The summed E-state index contributed by atoms with van der Waals surface area (Å²) in [7, 11) is -0.993. The Labute approximate surface area is 146 Å². The number of carbonyl (C=O) groups is 1. The molecule has 0 spiro atoms. The van der Waals surface area contributed by atoms with Crippen LogP contribution in [0.25, 0.3) is 0 Å². The van der Waals surface area contributed by atoms with Gasteiger partial charge in [-0.1, -0.05) is 50.2 Å². The second kappa shape index (κ2) is 8.25. The first kappa shape index (κ1) is 18.4. The van der Waals surface area contributed by atoms with Crippen LogP contribution in [0.5, 0.6) is 0 Å². The molecule has 2 rings (SSSR count). The van der Waals surface area contributed by atoms with Gasteiger partial charge in [-0.3, -0.25) is 9.00 Å². The van der Waals surface area contributed by atoms with Crippen LogP contribution in [-0.2, 0) is 22.0 Å². The molecule has 0 aliphatic rings. The van der Waals surface area contributed by atoms with Gasteiger partial charge in [0.15, 0.2) is 0 Å². The lowest BCUT2D eigenvalue weighted by Crippen LogP contribution is -2.33. The van der Waals surface area contributed by atoms with Crippen LogP contribution in [0, 0.1) is 12.8 Å². The molecule has 2 unspecified atom stereocenters. The lowest BCUT2D eigenvalue weighted by Gasteiger charge is -2.24. The van der Waals surface area contributed by atoms with Crippen LogP contribution in [0.15, 0.2) is 53.4 Å². The Morgan fingerprint density at radius 2 is 1.71 bits per heavy atom. The third-order valence-electron chi connectivity index (χ3n) is 4.13. The van der Waals surface area contributed by atoms with Crippen molar-refractivity contribution in [3.05, 3.63) is 65.2 Å². The molecule has 0 heterocycles. The second-order valence-electron chi connectivity index (χ2n) is 6.42. The van der Waals surface area contributed by atoms with Crippen molar-refractivity contribution in [1.29, 1.82) is 0 Å². The average molecular weight is 343 g/mol. The van der Waals surface area contributed by atoms with E-state index in [1.165, 1.54) is 5.56 Å². The number of hydrogen-bond acceptors (Lipinski definition) is 2. The monoisotopic (exact) mass is 343 g/mol. The highest BCUT2D eigenvalue weighted by Crippen LogP contribution is 2.24. The van der Waals surface area contributed by atoms with E-state index in [0.29, 0.717) is 12.3 Å². The third kappa shape index (κ3) is 4.78. The smallest absolute Gasteiger partial charge is 0.224 e. The highest BCUT2D eigenvalue weighted by Gasteiger charge is 2.19. The lowest BCUT2D eigenvalue weighted by atomic mass is 9.92. The van der Waals surface area contributed by atoms with Crippen molar-refractivity contribution in [1.82, 2.24) is 5.32 Å². The summed E-state index contributed by atoms with van der Waals surface area (Å²) in [6.07, 6.45) is 1.98. The van der Waals surface area contributed by atoms with E-state index >= 15 is 0 Å². The van der Waals surface area contributed by atoms with E-state index in [-0.39, 0.29) is 11.9 Å².